The lowest BCUT2D eigenvalue weighted by atomic mass is 9.96. The average Bonchev–Trinajstić information content (AvgIpc) is 3.07. The average molecular weight is 657 g/mol. The predicted molar refractivity (Wildman–Crippen MR) is 184 cm³/mol. The van der Waals surface area contributed by atoms with Gasteiger partial charge in [-0.3, -0.25) is 24.6 Å². The highest BCUT2D eigenvalue weighted by Gasteiger charge is 2.23. The van der Waals surface area contributed by atoms with E-state index in [9.17, 15) is 4.79 Å². The number of hydrogen-bond donors (Lipinski definition) is 1. The maximum Gasteiger partial charge on any atom is 0.257 e. The number of piperazine rings is 1. The van der Waals surface area contributed by atoms with Crippen LogP contribution in [0.5, 0.6) is 11.5 Å². The van der Waals surface area contributed by atoms with Gasteiger partial charge in [-0.25, -0.2) is 0 Å². The minimum absolute atomic E-state index is 0.296. The third-order valence-corrected chi connectivity index (χ3v) is 9.07. The summed E-state index contributed by atoms with van der Waals surface area (Å²) in [5.74, 6) is 0.552. The number of nitrogens with one attached hydrogen (secondary N) is 1. The standard InChI is InChI=1S/C36H35Cl2N5O3/c1-23-6-8-24(9-7-23)21-42-15-17-43(18-16-42)22-26-11-10-25(20-40-26)41-36(44)29-13-12-27(28-5-4-14-39-35(28)29)32-33(37)30(45-2)19-31(46-3)34(32)38/h4-14,19-20H,15-18,21-22H2,1-3H3,(H,41,44). The highest BCUT2D eigenvalue weighted by molar-refractivity contribution is 6.41. The maximum absolute atomic E-state index is 13.5. The fourth-order valence-corrected chi connectivity index (χ4v) is 6.48. The quantitative estimate of drug-likeness (QED) is 0.176. The molecule has 1 amide bonds. The van der Waals surface area contributed by atoms with Gasteiger partial charge in [0.05, 0.1) is 52.9 Å². The van der Waals surface area contributed by atoms with Gasteiger partial charge in [0, 0.05) is 62.5 Å². The molecule has 8 nitrogen and oxygen atoms in total. The van der Waals surface area contributed by atoms with Crippen LogP contribution in [0.25, 0.3) is 22.0 Å². The van der Waals surface area contributed by atoms with Crippen LogP contribution in [-0.2, 0) is 13.1 Å². The van der Waals surface area contributed by atoms with E-state index < -0.39 is 0 Å². The van der Waals surface area contributed by atoms with E-state index in [1.54, 1.807) is 30.6 Å². The van der Waals surface area contributed by atoms with Crippen LogP contribution in [0.2, 0.25) is 10.0 Å². The summed E-state index contributed by atoms with van der Waals surface area (Å²) in [4.78, 5) is 27.6. The number of fused-ring (bicyclic) bond motifs is 1. The van der Waals surface area contributed by atoms with Crippen LogP contribution in [0.1, 0.15) is 27.2 Å². The molecule has 2 aromatic heterocycles. The van der Waals surface area contributed by atoms with Gasteiger partial charge >= 0.3 is 0 Å². The molecule has 1 N–H and O–H groups in total. The molecule has 0 aliphatic carbocycles. The molecule has 3 heterocycles. The van der Waals surface area contributed by atoms with Crippen molar-refractivity contribution in [3.63, 3.8) is 0 Å². The topological polar surface area (TPSA) is 79.8 Å². The highest BCUT2D eigenvalue weighted by Crippen LogP contribution is 2.47. The number of ether oxygens (including phenoxy) is 2. The Labute approximate surface area is 278 Å². The summed E-state index contributed by atoms with van der Waals surface area (Å²) in [6.07, 6.45) is 3.35. The van der Waals surface area contributed by atoms with E-state index in [1.807, 2.05) is 24.3 Å². The summed E-state index contributed by atoms with van der Waals surface area (Å²) >= 11 is 13.5. The molecular weight excluding hydrogens is 621 g/mol. The SMILES string of the molecule is COc1cc(OC)c(Cl)c(-c2ccc(C(=O)Nc3ccc(CN4CCN(Cc5ccc(C)cc5)CC4)nc3)c3ncccc23)c1Cl. The van der Waals surface area contributed by atoms with E-state index in [0.717, 1.165) is 45.0 Å². The van der Waals surface area contributed by atoms with Crippen LogP contribution in [0, 0.1) is 6.92 Å². The molecule has 0 saturated carbocycles. The number of benzene rings is 3. The molecule has 3 aromatic carbocycles. The zero-order chi connectivity index (χ0) is 32.2. The van der Waals surface area contributed by atoms with Crippen molar-refractivity contribution in [3.05, 3.63) is 112 Å². The number of aromatic nitrogens is 2. The number of aryl methyl sites for hydroxylation is 1. The Hall–Kier alpha value is -4.21. The molecule has 5 aromatic rings. The number of halogens is 2. The summed E-state index contributed by atoms with van der Waals surface area (Å²) in [5.41, 5.74) is 6.37. The van der Waals surface area contributed by atoms with E-state index in [-0.39, 0.29) is 5.91 Å². The van der Waals surface area contributed by atoms with Crippen molar-refractivity contribution in [1.82, 2.24) is 19.8 Å². The van der Waals surface area contributed by atoms with Crippen molar-refractivity contribution in [2.24, 2.45) is 0 Å². The smallest absolute Gasteiger partial charge is 0.257 e. The monoisotopic (exact) mass is 655 g/mol. The third-order valence-electron chi connectivity index (χ3n) is 8.32. The molecule has 1 saturated heterocycles. The predicted octanol–water partition coefficient (Wildman–Crippen LogP) is 7.50. The molecule has 10 heteroatoms. The Morgan fingerprint density at radius 2 is 1.52 bits per heavy atom. The van der Waals surface area contributed by atoms with Crippen LogP contribution >= 0.6 is 23.2 Å². The summed E-state index contributed by atoms with van der Waals surface area (Å²) in [6.45, 7) is 7.88. The first-order chi connectivity index (χ1) is 22.3. The second kappa shape index (κ2) is 14.1. The first kappa shape index (κ1) is 31.8. The number of nitrogens with zero attached hydrogens (tertiary/aromatic N) is 4. The molecule has 0 spiro atoms. The minimum Gasteiger partial charge on any atom is -0.495 e. The number of anilines is 1. The number of amides is 1. The first-order valence-electron chi connectivity index (χ1n) is 15.1. The fraction of sp³-hybridized carbons (Fsp3) is 0.250. The molecule has 1 fully saturated rings. The normalized spacial score (nSPS) is 13.9. The Morgan fingerprint density at radius 3 is 2.15 bits per heavy atom. The molecule has 0 unspecified atom stereocenters. The van der Waals surface area contributed by atoms with Gasteiger partial charge in [-0.1, -0.05) is 65.2 Å². The molecule has 46 heavy (non-hydrogen) atoms. The van der Waals surface area contributed by atoms with Gasteiger partial charge in [0.15, 0.2) is 0 Å². The second-order valence-electron chi connectivity index (χ2n) is 11.4. The van der Waals surface area contributed by atoms with Crippen LogP contribution < -0.4 is 14.8 Å². The number of carbonyl (C=O) groups excluding carboxylic acids is 1. The Morgan fingerprint density at radius 1 is 0.848 bits per heavy atom. The summed E-state index contributed by atoms with van der Waals surface area (Å²) in [7, 11) is 3.06. The molecule has 1 aliphatic heterocycles. The van der Waals surface area contributed by atoms with Crippen molar-refractivity contribution < 1.29 is 14.3 Å². The maximum atomic E-state index is 13.5. The molecule has 6 rings (SSSR count). The molecule has 1 aliphatic rings. The molecule has 236 valence electrons. The van der Waals surface area contributed by atoms with Gasteiger partial charge in [-0.2, -0.15) is 0 Å². The van der Waals surface area contributed by atoms with Gasteiger partial charge in [0.1, 0.15) is 11.5 Å². The molecule has 0 radical (unpaired) electrons. The van der Waals surface area contributed by atoms with E-state index in [0.29, 0.717) is 54.8 Å². The van der Waals surface area contributed by atoms with Gasteiger partial charge in [0.25, 0.3) is 5.91 Å². The Balaban J connectivity index is 1.13. The number of hydrogen-bond acceptors (Lipinski definition) is 7. The lowest BCUT2D eigenvalue weighted by molar-refractivity contribution is 0.102. The van der Waals surface area contributed by atoms with Gasteiger partial charge in [0.2, 0.25) is 0 Å². The number of pyridine rings is 2. The molecule has 0 bridgehead atoms. The van der Waals surface area contributed by atoms with Crippen LogP contribution in [0.3, 0.4) is 0 Å². The highest BCUT2D eigenvalue weighted by atomic mass is 35.5. The van der Waals surface area contributed by atoms with Crippen molar-refractivity contribution >= 4 is 45.7 Å². The molecular formula is C36H35Cl2N5O3. The summed E-state index contributed by atoms with van der Waals surface area (Å²) < 4.78 is 10.9. The van der Waals surface area contributed by atoms with Crippen LogP contribution in [-0.4, -0.2) is 66.1 Å². The first-order valence-corrected chi connectivity index (χ1v) is 15.8. The second-order valence-corrected chi connectivity index (χ2v) is 12.1. The van der Waals surface area contributed by atoms with Crippen molar-refractivity contribution in [2.75, 3.05) is 45.7 Å². The summed E-state index contributed by atoms with van der Waals surface area (Å²) in [6, 6.07) is 21.5. The Bertz CT molecular complexity index is 1830. The summed E-state index contributed by atoms with van der Waals surface area (Å²) in [5, 5.41) is 4.37. The lowest BCUT2D eigenvalue weighted by Gasteiger charge is -2.34. The van der Waals surface area contributed by atoms with Crippen molar-refractivity contribution in [2.45, 2.75) is 20.0 Å². The van der Waals surface area contributed by atoms with E-state index in [1.165, 1.54) is 25.3 Å². The number of carbonyl (C=O) groups is 1. The number of methoxy groups -OCH3 is 2. The van der Waals surface area contributed by atoms with Crippen LogP contribution in [0.4, 0.5) is 5.69 Å². The van der Waals surface area contributed by atoms with Gasteiger partial charge < -0.3 is 14.8 Å². The Kier molecular flexibility index (Phi) is 9.70. The van der Waals surface area contributed by atoms with Crippen molar-refractivity contribution in [1.29, 1.82) is 0 Å². The van der Waals surface area contributed by atoms with E-state index >= 15 is 0 Å². The molecule has 0 atom stereocenters. The van der Waals surface area contributed by atoms with E-state index in [2.05, 4.69) is 56.3 Å². The zero-order valence-corrected chi connectivity index (χ0v) is 27.5. The fourth-order valence-electron chi connectivity index (χ4n) is 5.77. The largest absolute Gasteiger partial charge is 0.495 e. The minimum atomic E-state index is -0.296. The number of rotatable bonds is 9. The van der Waals surface area contributed by atoms with Crippen molar-refractivity contribution in [3.8, 4) is 22.6 Å². The lowest BCUT2D eigenvalue weighted by Crippen LogP contribution is -2.45. The van der Waals surface area contributed by atoms with Crippen LogP contribution in [0.15, 0.2) is 79.1 Å². The van der Waals surface area contributed by atoms with E-state index in [4.69, 9.17) is 32.7 Å². The van der Waals surface area contributed by atoms with Gasteiger partial charge in [-0.05, 0) is 42.3 Å². The third kappa shape index (κ3) is 6.81. The zero-order valence-electron chi connectivity index (χ0n) is 26.0. The van der Waals surface area contributed by atoms with Gasteiger partial charge in [-0.15, -0.1) is 0 Å².